The average molecular weight is 143 g/mol. The lowest BCUT2D eigenvalue weighted by atomic mass is 10.0. The number of carbonyl (C=O) groups is 1. The quantitative estimate of drug-likeness (QED) is 0.559. The number of hydrogen-bond acceptors (Lipinski definition) is 3. The van der Waals surface area contributed by atoms with Crippen LogP contribution in [0.2, 0.25) is 0 Å². The van der Waals surface area contributed by atoms with Crippen molar-refractivity contribution in [3.8, 4) is 0 Å². The molecular formula is C7H13NO2. The number of ketones is 1. The van der Waals surface area contributed by atoms with Crippen molar-refractivity contribution in [1.82, 2.24) is 5.32 Å². The molecule has 0 spiro atoms. The molecule has 0 radical (unpaired) electrons. The molecular weight excluding hydrogens is 130 g/mol. The topological polar surface area (TPSA) is 38.3 Å². The van der Waals surface area contributed by atoms with Crippen molar-refractivity contribution in [3.63, 3.8) is 0 Å². The van der Waals surface area contributed by atoms with Crippen LogP contribution in [0.3, 0.4) is 0 Å². The molecule has 1 atom stereocenters. The summed E-state index contributed by atoms with van der Waals surface area (Å²) in [6, 6.07) is 0. The molecule has 0 bridgehead atoms. The fraction of sp³-hybridized carbons (Fsp3) is 0.857. The number of rotatable bonds is 1. The van der Waals surface area contributed by atoms with Crippen LogP contribution in [0.1, 0.15) is 13.8 Å². The second-order valence-corrected chi connectivity index (χ2v) is 2.81. The summed E-state index contributed by atoms with van der Waals surface area (Å²) in [5.41, 5.74) is -0.571. The van der Waals surface area contributed by atoms with Crippen molar-refractivity contribution in [3.05, 3.63) is 0 Å². The Morgan fingerprint density at radius 3 is 2.70 bits per heavy atom. The van der Waals surface area contributed by atoms with E-state index in [1.54, 1.807) is 6.92 Å². The Hall–Kier alpha value is -0.410. The zero-order valence-corrected chi connectivity index (χ0v) is 6.44. The van der Waals surface area contributed by atoms with E-state index < -0.39 is 5.60 Å². The fourth-order valence-corrected chi connectivity index (χ4v) is 0.953. The van der Waals surface area contributed by atoms with Crippen LogP contribution in [-0.2, 0) is 9.53 Å². The van der Waals surface area contributed by atoms with Crippen LogP contribution in [0.4, 0.5) is 0 Å². The van der Waals surface area contributed by atoms with Gasteiger partial charge in [-0.1, -0.05) is 0 Å². The van der Waals surface area contributed by atoms with Gasteiger partial charge in [0.05, 0.1) is 6.61 Å². The second-order valence-electron chi connectivity index (χ2n) is 2.81. The van der Waals surface area contributed by atoms with Gasteiger partial charge in [-0.15, -0.1) is 0 Å². The van der Waals surface area contributed by atoms with E-state index in [4.69, 9.17) is 4.74 Å². The zero-order valence-electron chi connectivity index (χ0n) is 6.44. The van der Waals surface area contributed by atoms with E-state index >= 15 is 0 Å². The standard InChI is InChI=1S/C7H13NO2/c1-6(9)7(2)5-8-3-4-10-7/h8H,3-5H2,1-2H3/t7-/m0/s1. The zero-order chi connectivity index (χ0) is 7.61. The van der Waals surface area contributed by atoms with Gasteiger partial charge in [-0.2, -0.15) is 0 Å². The average Bonchev–Trinajstić information content (AvgIpc) is 1.89. The molecule has 10 heavy (non-hydrogen) atoms. The van der Waals surface area contributed by atoms with Crippen LogP contribution in [0.25, 0.3) is 0 Å². The van der Waals surface area contributed by atoms with E-state index in [2.05, 4.69) is 5.32 Å². The maximum atomic E-state index is 11.0. The fourth-order valence-electron chi connectivity index (χ4n) is 0.953. The van der Waals surface area contributed by atoms with Gasteiger partial charge in [0.2, 0.25) is 0 Å². The predicted octanol–water partition coefficient (Wildman–Crippen LogP) is -0.0461. The van der Waals surface area contributed by atoms with Gasteiger partial charge in [-0.05, 0) is 13.8 Å². The third kappa shape index (κ3) is 1.36. The first kappa shape index (κ1) is 7.69. The van der Waals surface area contributed by atoms with Gasteiger partial charge in [0.25, 0.3) is 0 Å². The van der Waals surface area contributed by atoms with Gasteiger partial charge in [0.15, 0.2) is 5.78 Å². The first-order chi connectivity index (χ1) is 4.65. The number of nitrogens with one attached hydrogen (secondary N) is 1. The minimum Gasteiger partial charge on any atom is -0.365 e. The lowest BCUT2D eigenvalue weighted by Crippen LogP contribution is -2.51. The van der Waals surface area contributed by atoms with E-state index in [1.165, 1.54) is 0 Å². The third-order valence-electron chi connectivity index (χ3n) is 1.91. The third-order valence-corrected chi connectivity index (χ3v) is 1.91. The SMILES string of the molecule is CC(=O)[C@]1(C)CNCCO1. The van der Waals surface area contributed by atoms with Gasteiger partial charge in [0, 0.05) is 13.1 Å². The second kappa shape index (κ2) is 2.68. The van der Waals surface area contributed by atoms with E-state index in [0.29, 0.717) is 13.2 Å². The Morgan fingerprint density at radius 2 is 2.40 bits per heavy atom. The maximum absolute atomic E-state index is 11.0. The molecule has 0 aliphatic carbocycles. The van der Waals surface area contributed by atoms with Crippen LogP contribution in [0, 0.1) is 0 Å². The summed E-state index contributed by atoms with van der Waals surface area (Å²) in [4.78, 5) is 11.0. The normalized spacial score (nSPS) is 33.8. The molecule has 0 aromatic rings. The van der Waals surface area contributed by atoms with E-state index in [0.717, 1.165) is 6.54 Å². The number of carbonyl (C=O) groups excluding carboxylic acids is 1. The smallest absolute Gasteiger partial charge is 0.162 e. The molecule has 1 saturated heterocycles. The molecule has 0 aromatic heterocycles. The highest BCUT2D eigenvalue weighted by Crippen LogP contribution is 2.12. The van der Waals surface area contributed by atoms with Crippen LogP contribution >= 0.6 is 0 Å². The van der Waals surface area contributed by atoms with Gasteiger partial charge in [-0.25, -0.2) is 0 Å². The Bertz CT molecular complexity index is 139. The molecule has 1 aliphatic heterocycles. The van der Waals surface area contributed by atoms with Crippen LogP contribution < -0.4 is 5.32 Å². The van der Waals surface area contributed by atoms with Crippen molar-refractivity contribution in [2.75, 3.05) is 19.7 Å². The molecule has 1 heterocycles. The highest BCUT2D eigenvalue weighted by molar-refractivity contribution is 5.84. The lowest BCUT2D eigenvalue weighted by Gasteiger charge is -2.31. The van der Waals surface area contributed by atoms with Crippen molar-refractivity contribution in [2.24, 2.45) is 0 Å². The number of ether oxygens (including phenoxy) is 1. The number of Topliss-reactive ketones (excluding diaryl/α,β-unsaturated/α-hetero) is 1. The molecule has 1 aliphatic rings. The monoisotopic (exact) mass is 143 g/mol. The molecule has 3 nitrogen and oxygen atoms in total. The summed E-state index contributed by atoms with van der Waals surface area (Å²) in [5.74, 6) is 0.0969. The molecule has 3 heteroatoms. The molecule has 0 saturated carbocycles. The van der Waals surface area contributed by atoms with Crippen LogP contribution in [0.5, 0.6) is 0 Å². The maximum Gasteiger partial charge on any atom is 0.162 e. The minimum absolute atomic E-state index is 0.0969. The lowest BCUT2D eigenvalue weighted by molar-refractivity contribution is -0.143. The van der Waals surface area contributed by atoms with E-state index in [1.807, 2.05) is 6.92 Å². The molecule has 0 aromatic carbocycles. The highest BCUT2D eigenvalue weighted by Gasteiger charge is 2.32. The van der Waals surface area contributed by atoms with Crippen LogP contribution in [0.15, 0.2) is 0 Å². The molecule has 1 N–H and O–H groups in total. The Morgan fingerprint density at radius 1 is 1.70 bits per heavy atom. The summed E-state index contributed by atoms with van der Waals surface area (Å²) in [6.45, 7) is 5.51. The Kier molecular flexibility index (Phi) is 2.06. The van der Waals surface area contributed by atoms with E-state index in [9.17, 15) is 4.79 Å². The summed E-state index contributed by atoms with van der Waals surface area (Å²) in [5, 5.41) is 3.11. The summed E-state index contributed by atoms with van der Waals surface area (Å²) in [7, 11) is 0. The predicted molar refractivity (Wildman–Crippen MR) is 37.9 cm³/mol. The first-order valence-corrected chi connectivity index (χ1v) is 3.51. The summed E-state index contributed by atoms with van der Waals surface area (Å²) >= 11 is 0. The van der Waals surface area contributed by atoms with Crippen molar-refractivity contribution in [2.45, 2.75) is 19.4 Å². The van der Waals surface area contributed by atoms with Gasteiger partial charge in [0.1, 0.15) is 5.60 Å². The van der Waals surface area contributed by atoms with Gasteiger partial charge < -0.3 is 10.1 Å². The largest absolute Gasteiger partial charge is 0.365 e. The highest BCUT2D eigenvalue weighted by atomic mass is 16.5. The minimum atomic E-state index is -0.571. The van der Waals surface area contributed by atoms with Crippen molar-refractivity contribution in [1.29, 1.82) is 0 Å². The van der Waals surface area contributed by atoms with E-state index in [-0.39, 0.29) is 5.78 Å². The molecule has 1 rings (SSSR count). The van der Waals surface area contributed by atoms with Gasteiger partial charge >= 0.3 is 0 Å². The first-order valence-electron chi connectivity index (χ1n) is 3.51. The number of hydrogen-bond donors (Lipinski definition) is 1. The molecule has 58 valence electrons. The summed E-state index contributed by atoms with van der Waals surface area (Å²) < 4.78 is 5.31. The molecule has 1 fully saturated rings. The Balaban J connectivity index is 2.56. The molecule has 0 amide bonds. The van der Waals surface area contributed by atoms with Crippen molar-refractivity contribution < 1.29 is 9.53 Å². The summed E-state index contributed by atoms with van der Waals surface area (Å²) in [6.07, 6.45) is 0. The van der Waals surface area contributed by atoms with Gasteiger partial charge in [-0.3, -0.25) is 4.79 Å². The Labute approximate surface area is 60.7 Å². The van der Waals surface area contributed by atoms with Crippen molar-refractivity contribution >= 4 is 5.78 Å². The van der Waals surface area contributed by atoms with Crippen LogP contribution in [-0.4, -0.2) is 31.1 Å². The molecule has 0 unspecified atom stereocenters. The number of morpholine rings is 1.